The smallest absolute Gasteiger partial charge is 0.298 e. The number of hydrogen-bond acceptors (Lipinski definition) is 7. The number of anilines is 1. The van der Waals surface area contributed by atoms with Crippen LogP contribution >= 0.6 is 35.3 Å². The fourth-order valence-corrected chi connectivity index (χ4v) is 3.55. The van der Waals surface area contributed by atoms with Crippen LogP contribution in [0, 0.1) is 0 Å². The Hall–Kier alpha value is -1.87. The summed E-state index contributed by atoms with van der Waals surface area (Å²) in [7, 11) is 5.45. The van der Waals surface area contributed by atoms with E-state index in [1.165, 1.54) is 23.6 Å². The van der Waals surface area contributed by atoms with Gasteiger partial charge in [-0.25, -0.2) is 4.98 Å². The van der Waals surface area contributed by atoms with Crippen LogP contribution in [0.1, 0.15) is 10.6 Å². The summed E-state index contributed by atoms with van der Waals surface area (Å²) in [5, 5.41) is 4.71. The van der Waals surface area contributed by atoms with Gasteiger partial charge in [-0.3, -0.25) is 9.69 Å². The van der Waals surface area contributed by atoms with E-state index in [4.69, 9.17) is 20.9 Å². The maximum absolute atomic E-state index is 12.8. The number of thiazole rings is 1. The van der Waals surface area contributed by atoms with Gasteiger partial charge < -0.3 is 14.2 Å². The molecule has 2 heterocycles. The van der Waals surface area contributed by atoms with Crippen molar-refractivity contribution in [3.8, 4) is 5.75 Å². The Morgan fingerprint density at radius 3 is 2.69 bits per heavy atom. The van der Waals surface area contributed by atoms with Gasteiger partial charge in [-0.15, -0.1) is 12.4 Å². The summed E-state index contributed by atoms with van der Waals surface area (Å²) in [5.74, 6) is 0.478. The van der Waals surface area contributed by atoms with Crippen molar-refractivity contribution in [1.29, 1.82) is 0 Å². The van der Waals surface area contributed by atoms with Gasteiger partial charge in [0, 0.05) is 19.2 Å². The van der Waals surface area contributed by atoms with E-state index in [2.05, 4.69) is 10.1 Å². The van der Waals surface area contributed by atoms with Crippen LogP contribution in [0.3, 0.4) is 0 Å². The molecule has 10 heteroatoms. The van der Waals surface area contributed by atoms with Crippen molar-refractivity contribution in [2.75, 3.05) is 39.2 Å². The number of benzene rings is 1. The van der Waals surface area contributed by atoms with Crippen molar-refractivity contribution >= 4 is 56.6 Å². The lowest BCUT2D eigenvalue weighted by molar-refractivity contribution is 0.0949. The molecule has 0 aliphatic rings. The van der Waals surface area contributed by atoms with Gasteiger partial charge in [0.05, 0.1) is 23.0 Å². The second-order valence-corrected chi connectivity index (χ2v) is 6.95. The largest absolute Gasteiger partial charge is 0.494 e. The molecule has 0 aliphatic heterocycles. The van der Waals surface area contributed by atoms with E-state index in [1.807, 2.05) is 19.0 Å². The molecule has 26 heavy (non-hydrogen) atoms. The lowest BCUT2D eigenvalue weighted by atomic mass is 10.3. The Morgan fingerprint density at radius 1 is 1.31 bits per heavy atom. The summed E-state index contributed by atoms with van der Waals surface area (Å²) in [6, 6.07) is 5.05. The zero-order valence-electron chi connectivity index (χ0n) is 14.4. The summed E-state index contributed by atoms with van der Waals surface area (Å²) in [4.78, 5) is 21.0. The average Bonchev–Trinajstić information content (AvgIpc) is 3.25. The highest BCUT2D eigenvalue weighted by Gasteiger charge is 2.25. The van der Waals surface area contributed by atoms with Crippen LogP contribution in [-0.2, 0) is 0 Å². The van der Waals surface area contributed by atoms with E-state index in [-0.39, 0.29) is 24.1 Å². The Kier molecular flexibility index (Phi) is 6.82. The first-order valence-corrected chi connectivity index (χ1v) is 8.71. The number of aromatic nitrogens is 2. The van der Waals surface area contributed by atoms with E-state index < -0.39 is 0 Å². The zero-order valence-corrected chi connectivity index (χ0v) is 16.8. The molecule has 3 rings (SSSR count). The summed E-state index contributed by atoms with van der Waals surface area (Å²) in [5.41, 5.74) is 0.634. The zero-order chi connectivity index (χ0) is 18.0. The fraction of sp³-hybridized carbons (Fsp3) is 0.312. The van der Waals surface area contributed by atoms with Crippen LogP contribution in [0.2, 0.25) is 5.02 Å². The van der Waals surface area contributed by atoms with Gasteiger partial charge in [-0.05, 0) is 26.2 Å². The molecular formula is C16H18Cl2N4O3S. The molecule has 1 amide bonds. The minimum Gasteiger partial charge on any atom is -0.494 e. The third-order valence-electron chi connectivity index (χ3n) is 3.56. The van der Waals surface area contributed by atoms with Gasteiger partial charge in [0.2, 0.25) is 5.76 Å². The normalized spacial score (nSPS) is 10.8. The quantitative estimate of drug-likeness (QED) is 0.611. The summed E-state index contributed by atoms with van der Waals surface area (Å²) in [6.45, 7) is 1.12. The minimum absolute atomic E-state index is 0. The lowest BCUT2D eigenvalue weighted by Crippen LogP contribution is -2.36. The van der Waals surface area contributed by atoms with Gasteiger partial charge in [0.15, 0.2) is 5.13 Å². The first-order chi connectivity index (χ1) is 12.0. The van der Waals surface area contributed by atoms with Crippen molar-refractivity contribution in [1.82, 2.24) is 15.0 Å². The number of hydrogen-bond donors (Lipinski definition) is 0. The van der Waals surface area contributed by atoms with Gasteiger partial charge in [0.1, 0.15) is 11.3 Å². The molecule has 0 fully saturated rings. The van der Waals surface area contributed by atoms with Crippen LogP contribution in [0.25, 0.3) is 10.2 Å². The summed E-state index contributed by atoms with van der Waals surface area (Å²) in [6.07, 6.45) is 1.44. The Balaban J connectivity index is 0.00000243. The number of amides is 1. The molecule has 0 unspecified atom stereocenters. The number of ether oxygens (including phenoxy) is 1. The van der Waals surface area contributed by atoms with Crippen molar-refractivity contribution in [2.45, 2.75) is 0 Å². The van der Waals surface area contributed by atoms with Crippen molar-refractivity contribution in [3.63, 3.8) is 0 Å². The number of methoxy groups -OCH3 is 1. The second kappa shape index (κ2) is 8.68. The predicted octanol–water partition coefficient (Wildman–Crippen LogP) is 3.58. The summed E-state index contributed by atoms with van der Waals surface area (Å²) < 4.78 is 11.1. The molecule has 7 nitrogen and oxygen atoms in total. The van der Waals surface area contributed by atoms with Crippen molar-refractivity contribution in [3.05, 3.63) is 35.2 Å². The van der Waals surface area contributed by atoms with Gasteiger partial charge in [-0.2, -0.15) is 0 Å². The molecular weight excluding hydrogens is 399 g/mol. The number of carbonyl (C=O) groups is 1. The maximum Gasteiger partial charge on any atom is 0.298 e. The maximum atomic E-state index is 12.8. The molecule has 0 saturated heterocycles. The second-order valence-electron chi connectivity index (χ2n) is 5.56. The molecule has 0 saturated carbocycles. The number of rotatable bonds is 6. The SMILES string of the molecule is COc1ccc(Cl)c2sc(N(CCN(C)C)C(=O)c3ccno3)nc12.Cl. The minimum atomic E-state index is -0.298. The number of likely N-dealkylation sites (N-methyl/N-ethyl adjacent to an activating group) is 1. The Labute approximate surface area is 165 Å². The molecule has 0 spiro atoms. The molecule has 1 aromatic carbocycles. The van der Waals surface area contributed by atoms with E-state index >= 15 is 0 Å². The molecule has 140 valence electrons. The molecule has 0 atom stereocenters. The lowest BCUT2D eigenvalue weighted by Gasteiger charge is -2.20. The molecule has 0 bridgehead atoms. The van der Waals surface area contributed by atoms with E-state index in [0.29, 0.717) is 34.5 Å². The number of halogens is 2. The average molecular weight is 417 g/mol. The van der Waals surface area contributed by atoms with Gasteiger partial charge in [0.25, 0.3) is 5.91 Å². The monoisotopic (exact) mass is 416 g/mol. The Bertz CT molecular complexity index is 883. The van der Waals surface area contributed by atoms with Crippen LogP contribution < -0.4 is 9.64 Å². The van der Waals surface area contributed by atoms with Crippen LogP contribution in [-0.4, -0.2) is 55.2 Å². The number of fused-ring (bicyclic) bond motifs is 1. The third kappa shape index (κ3) is 4.09. The first-order valence-electron chi connectivity index (χ1n) is 7.51. The van der Waals surface area contributed by atoms with Gasteiger partial charge >= 0.3 is 0 Å². The van der Waals surface area contributed by atoms with Gasteiger partial charge in [-0.1, -0.05) is 28.1 Å². The number of nitrogens with zero attached hydrogens (tertiary/aromatic N) is 4. The number of carbonyl (C=O) groups excluding carboxylic acids is 1. The third-order valence-corrected chi connectivity index (χ3v) is 5.10. The Morgan fingerprint density at radius 2 is 2.08 bits per heavy atom. The molecule has 3 aromatic rings. The molecule has 2 aromatic heterocycles. The predicted molar refractivity (Wildman–Crippen MR) is 105 cm³/mol. The fourth-order valence-electron chi connectivity index (χ4n) is 2.26. The molecule has 0 aliphatic carbocycles. The topological polar surface area (TPSA) is 71.7 Å². The van der Waals surface area contributed by atoms with Crippen LogP contribution in [0.4, 0.5) is 5.13 Å². The highest BCUT2D eigenvalue weighted by Crippen LogP contribution is 2.38. The van der Waals surface area contributed by atoms with Crippen LogP contribution in [0.15, 0.2) is 28.9 Å². The van der Waals surface area contributed by atoms with E-state index in [0.717, 1.165) is 4.70 Å². The van der Waals surface area contributed by atoms with E-state index in [9.17, 15) is 4.79 Å². The van der Waals surface area contributed by atoms with E-state index in [1.54, 1.807) is 24.1 Å². The van der Waals surface area contributed by atoms with Crippen LogP contribution in [0.5, 0.6) is 5.75 Å². The highest BCUT2D eigenvalue weighted by atomic mass is 35.5. The van der Waals surface area contributed by atoms with Crippen molar-refractivity contribution < 1.29 is 14.1 Å². The standard InChI is InChI=1S/C16H17ClN4O3S.ClH/c1-20(2)8-9-21(15(22)12-6-7-18-24-12)16-19-13-11(23-3)5-4-10(17)14(13)25-16;/h4-7H,8-9H2,1-3H3;1H. The van der Waals surface area contributed by atoms with Crippen molar-refractivity contribution in [2.24, 2.45) is 0 Å². The molecule has 0 radical (unpaired) electrons. The first kappa shape index (κ1) is 20.4. The highest BCUT2D eigenvalue weighted by molar-refractivity contribution is 7.23. The summed E-state index contributed by atoms with van der Waals surface area (Å²) >= 11 is 7.63. The molecule has 0 N–H and O–H groups in total.